The number of rotatable bonds is 6. The first kappa shape index (κ1) is 13.1. The van der Waals surface area contributed by atoms with E-state index in [0.29, 0.717) is 19.6 Å². The summed E-state index contributed by atoms with van der Waals surface area (Å²) in [6.07, 6.45) is 1.64. The van der Waals surface area contributed by atoms with Crippen LogP contribution in [0.2, 0.25) is 0 Å². The molecule has 0 spiro atoms. The molecule has 4 heteroatoms. The molecule has 3 N–H and O–H groups in total. The van der Waals surface area contributed by atoms with Crippen molar-refractivity contribution in [3.63, 3.8) is 0 Å². The Morgan fingerprint density at radius 3 is 2.57 bits per heavy atom. The molecule has 0 bridgehead atoms. The van der Waals surface area contributed by atoms with Gasteiger partial charge in [0.05, 0.1) is 12.0 Å². The van der Waals surface area contributed by atoms with Crippen molar-refractivity contribution < 1.29 is 9.90 Å². The van der Waals surface area contributed by atoms with Gasteiger partial charge in [-0.3, -0.25) is 4.79 Å². The minimum Gasteiger partial charge on any atom is -0.395 e. The third-order valence-corrected chi connectivity index (χ3v) is 2.10. The zero-order valence-corrected chi connectivity index (χ0v) is 8.99. The van der Waals surface area contributed by atoms with Crippen molar-refractivity contribution in [2.75, 3.05) is 26.2 Å². The lowest BCUT2D eigenvalue weighted by molar-refractivity contribution is -0.139. The molecule has 0 aliphatic heterocycles. The van der Waals surface area contributed by atoms with Crippen molar-refractivity contribution in [3.05, 3.63) is 12.7 Å². The van der Waals surface area contributed by atoms with Crippen LogP contribution in [0.1, 0.15) is 13.8 Å². The van der Waals surface area contributed by atoms with Crippen LogP contribution in [-0.2, 0) is 4.79 Å². The third kappa shape index (κ3) is 3.47. The van der Waals surface area contributed by atoms with Gasteiger partial charge in [-0.25, -0.2) is 0 Å². The second-order valence-electron chi connectivity index (χ2n) is 3.85. The smallest absolute Gasteiger partial charge is 0.229 e. The molecule has 0 saturated heterocycles. The molecule has 0 aliphatic rings. The molecule has 0 aromatic rings. The highest BCUT2D eigenvalue weighted by Crippen LogP contribution is 2.16. The average molecular weight is 200 g/mol. The molecule has 0 unspecified atom stereocenters. The molecule has 0 aromatic heterocycles. The normalized spacial score (nSPS) is 11.1. The highest BCUT2D eigenvalue weighted by Gasteiger charge is 2.29. The Morgan fingerprint density at radius 2 is 2.21 bits per heavy atom. The summed E-state index contributed by atoms with van der Waals surface area (Å²) in [7, 11) is 0. The van der Waals surface area contributed by atoms with Gasteiger partial charge in [0.25, 0.3) is 0 Å². The van der Waals surface area contributed by atoms with Gasteiger partial charge in [-0.1, -0.05) is 6.08 Å². The van der Waals surface area contributed by atoms with Gasteiger partial charge in [0.15, 0.2) is 0 Å². The Balaban J connectivity index is 4.49. The van der Waals surface area contributed by atoms with Gasteiger partial charge in [-0.05, 0) is 13.8 Å². The molecular weight excluding hydrogens is 180 g/mol. The number of nitrogens with zero attached hydrogens (tertiary/aromatic N) is 1. The first-order chi connectivity index (χ1) is 6.49. The van der Waals surface area contributed by atoms with Gasteiger partial charge in [0, 0.05) is 19.6 Å². The van der Waals surface area contributed by atoms with E-state index in [1.54, 1.807) is 24.8 Å². The van der Waals surface area contributed by atoms with E-state index in [1.165, 1.54) is 0 Å². The van der Waals surface area contributed by atoms with Gasteiger partial charge in [-0.15, -0.1) is 6.58 Å². The van der Waals surface area contributed by atoms with Crippen molar-refractivity contribution in [3.8, 4) is 0 Å². The predicted octanol–water partition coefficient (Wildman–Crippen LogP) is -0.0218. The van der Waals surface area contributed by atoms with E-state index in [1.807, 2.05) is 0 Å². The SMILES string of the molecule is C=CCN(CCO)C(=O)C(C)(C)CN. The monoisotopic (exact) mass is 200 g/mol. The van der Waals surface area contributed by atoms with Crippen LogP contribution in [-0.4, -0.2) is 42.2 Å². The maximum atomic E-state index is 11.9. The van der Waals surface area contributed by atoms with E-state index in [2.05, 4.69) is 6.58 Å². The largest absolute Gasteiger partial charge is 0.395 e. The van der Waals surface area contributed by atoms with E-state index < -0.39 is 5.41 Å². The highest BCUT2D eigenvalue weighted by molar-refractivity contribution is 5.82. The van der Waals surface area contributed by atoms with Crippen LogP contribution in [0.3, 0.4) is 0 Å². The van der Waals surface area contributed by atoms with Crippen LogP contribution in [0.25, 0.3) is 0 Å². The maximum Gasteiger partial charge on any atom is 0.229 e. The number of carbonyl (C=O) groups excluding carboxylic acids is 1. The summed E-state index contributed by atoms with van der Waals surface area (Å²) in [5.41, 5.74) is 4.93. The molecular formula is C10H20N2O2. The third-order valence-electron chi connectivity index (χ3n) is 2.10. The number of aliphatic hydroxyl groups is 1. The van der Waals surface area contributed by atoms with Gasteiger partial charge >= 0.3 is 0 Å². The van der Waals surface area contributed by atoms with Gasteiger partial charge < -0.3 is 15.7 Å². The van der Waals surface area contributed by atoms with E-state index in [0.717, 1.165) is 0 Å². The Hall–Kier alpha value is -0.870. The van der Waals surface area contributed by atoms with E-state index in [-0.39, 0.29) is 12.5 Å². The summed E-state index contributed by atoms with van der Waals surface area (Å²) in [5.74, 6) is -0.0473. The molecule has 82 valence electrons. The van der Waals surface area contributed by atoms with Crippen LogP contribution in [0.15, 0.2) is 12.7 Å². The fraction of sp³-hybridized carbons (Fsp3) is 0.700. The minimum absolute atomic E-state index is 0.0414. The molecule has 0 rings (SSSR count). The first-order valence-electron chi connectivity index (χ1n) is 4.70. The van der Waals surface area contributed by atoms with Crippen LogP contribution >= 0.6 is 0 Å². The molecule has 0 saturated carbocycles. The molecule has 4 nitrogen and oxygen atoms in total. The van der Waals surface area contributed by atoms with Gasteiger partial charge in [0.2, 0.25) is 5.91 Å². The molecule has 1 amide bonds. The van der Waals surface area contributed by atoms with Crippen LogP contribution in [0.4, 0.5) is 0 Å². The molecule has 0 fully saturated rings. The zero-order chi connectivity index (χ0) is 11.2. The van der Waals surface area contributed by atoms with E-state index >= 15 is 0 Å². The van der Waals surface area contributed by atoms with Crippen LogP contribution < -0.4 is 5.73 Å². The summed E-state index contributed by atoms with van der Waals surface area (Å²) in [6.45, 7) is 8.19. The topological polar surface area (TPSA) is 66.6 Å². The van der Waals surface area contributed by atoms with Crippen molar-refractivity contribution in [1.29, 1.82) is 0 Å². The lowest BCUT2D eigenvalue weighted by Gasteiger charge is -2.29. The lowest BCUT2D eigenvalue weighted by atomic mass is 9.92. The Bertz CT molecular complexity index is 202. The number of carbonyl (C=O) groups is 1. The van der Waals surface area contributed by atoms with Crippen molar-refractivity contribution in [2.24, 2.45) is 11.1 Å². The summed E-state index contributed by atoms with van der Waals surface area (Å²) >= 11 is 0. The molecule has 0 radical (unpaired) electrons. The van der Waals surface area contributed by atoms with E-state index in [4.69, 9.17) is 10.8 Å². The van der Waals surface area contributed by atoms with Crippen molar-refractivity contribution in [2.45, 2.75) is 13.8 Å². The summed E-state index contributed by atoms with van der Waals surface area (Å²) < 4.78 is 0. The lowest BCUT2D eigenvalue weighted by Crippen LogP contribution is -2.45. The fourth-order valence-electron chi connectivity index (χ4n) is 1.07. The summed E-state index contributed by atoms with van der Waals surface area (Å²) in [4.78, 5) is 13.4. The number of nitrogens with two attached hydrogens (primary N) is 1. The first-order valence-corrected chi connectivity index (χ1v) is 4.70. The van der Waals surface area contributed by atoms with Gasteiger partial charge in [0.1, 0.15) is 0 Å². The Kier molecular flexibility index (Phi) is 5.42. The van der Waals surface area contributed by atoms with Gasteiger partial charge in [-0.2, -0.15) is 0 Å². The molecule has 0 aromatic carbocycles. The quantitative estimate of drug-likeness (QED) is 0.592. The zero-order valence-electron chi connectivity index (χ0n) is 8.99. The molecule has 0 heterocycles. The second-order valence-corrected chi connectivity index (χ2v) is 3.85. The number of hydrogen-bond donors (Lipinski definition) is 2. The van der Waals surface area contributed by atoms with Crippen molar-refractivity contribution >= 4 is 5.91 Å². The van der Waals surface area contributed by atoms with Crippen molar-refractivity contribution in [1.82, 2.24) is 4.90 Å². The Morgan fingerprint density at radius 1 is 1.64 bits per heavy atom. The second kappa shape index (κ2) is 5.78. The standard InChI is InChI=1S/C10H20N2O2/c1-4-5-12(6-7-13)9(14)10(2,3)8-11/h4,13H,1,5-8,11H2,2-3H3. The number of amides is 1. The number of aliphatic hydroxyl groups excluding tert-OH is 1. The van der Waals surface area contributed by atoms with Crippen LogP contribution in [0.5, 0.6) is 0 Å². The number of hydrogen-bond acceptors (Lipinski definition) is 3. The van der Waals surface area contributed by atoms with Crippen LogP contribution in [0, 0.1) is 5.41 Å². The fourth-order valence-corrected chi connectivity index (χ4v) is 1.07. The minimum atomic E-state index is -0.571. The Labute approximate surface area is 85.4 Å². The molecule has 14 heavy (non-hydrogen) atoms. The maximum absolute atomic E-state index is 11.9. The molecule has 0 atom stereocenters. The highest BCUT2D eigenvalue weighted by atomic mass is 16.3. The van der Waals surface area contributed by atoms with E-state index in [9.17, 15) is 4.79 Å². The predicted molar refractivity (Wildman–Crippen MR) is 56.7 cm³/mol. The summed E-state index contributed by atoms with van der Waals surface area (Å²) in [5, 5.41) is 8.79. The summed E-state index contributed by atoms with van der Waals surface area (Å²) in [6, 6.07) is 0. The molecule has 0 aliphatic carbocycles. The average Bonchev–Trinajstić information content (AvgIpc) is 2.16.